The van der Waals surface area contributed by atoms with Gasteiger partial charge in [0.2, 0.25) is 0 Å². The van der Waals surface area contributed by atoms with Crippen LogP contribution in [-0.2, 0) is 0 Å². The Morgan fingerprint density at radius 3 is 2.37 bits per heavy atom. The summed E-state index contributed by atoms with van der Waals surface area (Å²) in [7, 11) is 0. The summed E-state index contributed by atoms with van der Waals surface area (Å²) >= 11 is 0. The van der Waals surface area contributed by atoms with Crippen LogP contribution in [0.15, 0.2) is 30.3 Å². The molecule has 0 aromatic heterocycles. The van der Waals surface area contributed by atoms with E-state index in [1.165, 1.54) is 51.6 Å². The van der Waals surface area contributed by atoms with Gasteiger partial charge in [-0.15, -0.1) is 0 Å². The van der Waals surface area contributed by atoms with Crippen LogP contribution in [0.5, 0.6) is 0 Å². The molecule has 19 heavy (non-hydrogen) atoms. The van der Waals surface area contributed by atoms with Gasteiger partial charge in [0.15, 0.2) is 0 Å². The predicted octanol–water partition coefficient (Wildman–Crippen LogP) is 3.05. The summed E-state index contributed by atoms with van der Waals surface area (Å²) in [5.74, 6) is 0.795. The third kappa shape index (κ3) is 3.58. The molecule has 1 aliphatic carbocycles. The second kappa shape index (κ2) is 6.53. The molecule has 104 valence electrons. The number of benzene rings is 1. The van der Waals surface area contributed by atoms with Gasteiger partial charge in [-0.1, -0.05) is 30.3 Å². The van der Waals surface area contributed by atoms with Crippen LogP contribution < -0.4 is 10.6 Å². The van der Waals surface area contributed by atoms with Crippen LogP contribution in [0, 0.1) is 0 Å². The second-order valence-corrected chi connectivity index (χ2v) is 6.17. The standard InChI is InChI=1S/C17H26N2/c1-2-5-14(6-3-1)15-8-10-16(11-9-15)19-17-7-4-12-18-13-17/h1-3,5-6,15-19H,4,7-13H2. The number of nitrogens with one attached hydrogen (secondary N) is 2. The van der Waals surface area contributed by atoms with E-state index >= 15 is 0 Å². The molecule has 1 unspecified atom stereocenters. The highest BCUT2D eigenvalue weighted by atomic mass is 15.0. The van der Waals surface area contributed by atoms with E-state index in [1.807, 2.05) is 0 Å². The van der Waals surface area contributed by atoms with E-state index in [2.05, 4.69) is 41.0 Å². The molecule has 3 rings (SSSR count). The van der Waals surface area contributed by atoms with Crippen molar-refractivity contribution in [1.29, 1.82) is 0 Å². The van der Waals surface area contributed by atoms with Gasteiger partial charge in [-0.2, -0.15) is 0 Å². The van der Waals surface area contributed by atoms with Crippen LogP contribution in [-0.4, -0.2) is 25.2 Å². The van der Waals surface area contributed by atoms with Crippen LogP contribution >= 0.6 is 0 Å². The molecular weight excluding hydrogens is 232 g/mol. The monoisotopic (exact) mass is 258 g/mol. The first-order valence-electron chi connectivity index (χ1n) is 7.93. The van der Waals surface area contributed by atoms with Gasteiger partial charge in [-0.05, 0) is 56.6 Å². The van der Waals surface area contributed by atoms with Crippen LogP contribution in [0.4, 0.5) is 0 Å². The maximum atomic E-state index is 3.87. The van der Waals surface area contributed by atoms with E-state index in [0.29, 0.717) is 6.04 Å². The lowest BCUT2D eigenvalue weighted by atomic mass is 9.81. The van der Waals surface area contributed by atoms with E-state index < -0.39 is 0 Å². The summed E-state index contributed by atoms with van der Waals surface area (Å²) in [5, 5.41) is 7.36. The second-order valence-electron chi connectivity index (χ2n) is 6.17. The molecule has 1 aliphatic heterocycles. The Balaban J connectivity index is 1.46. The Hall–Kier alpha value is -0.860. The fraction of sp³-hybridized carbons (Fsp3) is 0.647. The maximum absolute atomic E-state index is 3.87. The molecule has 1 aromatic carbocycles. The topological polar surface area (TPSA) is 24.1 Å². The molecule has 1 aromatic rings. The lowest BCUT2D eigenvalue weighted by Gasteiger charge is -2.34. The van der Waals surface area contributed by atoms with E-state index in [1.54, 1.807) is 5.56 Å². The van der Waals surface area contributed by atoms with Crippen molar-refractivity contribution in [3.05, 3.63) is 35.9 Å². The van der Waals surface area contributed by atoms with Gasteiger partial charge in [0.05, 0.1) is 0 Å². The van der Waals surface area contributed by atoms with Crippen molar-refractivity contribution in [1.82, 2.24) is 10.6 Å². The minimum absolute atomic E-state index is 0.715. The summed E-state index contributed by atoms with van der Waals surface area (Å²) in [6, 6.07) is 12.5. The van der Waals surface area contributed by atoms with E-state index in [-0.39, 0.29) is 0 Å². The van der Waals surface area contributed by atoms with Gasteiger partial charge in [-0.3, -0.25) is 0 Å². The first-order valence-corrected chi connectivity index (χ1v) is 7.93. The molecule has 2 N–H and O–H groups in total. The maximum Gasteiger partial charge on any atom is 0.0195 e. The van der Waals surface area contributed by atoms with Crippen LogP contribution in [0.3, 0.4) is 0 Å². The highest BCUT2D eigenvalue weighted by molar-refractivity contribution is 5.20. The zero-order valence-electron chi connectivity index (χ0n) is 11.8. The minimum Gasteiger partial charge on any atom is -0.315 e. The SMILES string of the molecule is c1ccc(C2CCC(NC3CCCNC3)CC2)cc1. The molecule has 2 aliphatic rings. The minimum atomic E-state index is 0.715. The van der Waals surface area contributed by atoms with Gasteiger partial charge in [0.1, 0.15) is 0 Å². The Kier molecular flexibility index (Phi) is 4.52. The van der Waals surface area contributed by atoms with Crippen molar-refractivity contribution in [2.75, 3.05) is 13.1 Å². The smallest absolute Gasteiger partial charge is 0.0195 e. The van der Waals surface area contributed by atoms with E-state index in [9.17, 15) is 0 Å². The molecule has 2 fully saturated rings. The molecule has 2 heteroatoms. The van der Waals surface area contributed by atoms with Crippen molar-refractivity contribution in [3.8, 4) is 0 Å². The van der Waals surface area contributed by atoms with Crippen molar-refractivity contribution in [2.45, 2.75) is 56.5 Å². The van der Waals surface area contributed by atoms with Crippen molar-refractivity contribution >= 4 is 0 Å². The number of hydrogen-bond donors (Lipinski definition) is 2. The van der Waals surface area contributed by atoms with E-state index in [0.717, 1.165) is 12.0 Å². The van der Waals surface area contributed by atoms with Gasteiger partial charge in [0.25, 0.3) is 0 Å². The summed E-state index contributed by atoms with van der Waals surface area (Å²) in [5.41, 5.74) is 1.54. The summed E-state index contributed by atoms with van der Waals surface area (Å²) in [4.78, 5) is 0. The van der Waals surface area contributed by atoms with Crippen molar-refractivity contribution in [3.63, 3.8) is 0 Å². The molecular formula is C17H26N2. The summed E-state index contributed by atoms with van der Waals surface area (Å²) in [6.07, 6.45) is 8.07. The molecule has 0 bridgehead atoms. The molecule has 1 atom stereocenters. The van der Waals surface area contributed by atoms with Crippen molar-refractivity contribution < 1.29 is 0 Å². The average Bonchev–Trinajstić information content (AvgIpc) is 2.50. The molecule has 0 radical (unpaired) electrons. The number of rotatable bonds is 3. The molecule has 1 heterocycles. The third-order valence-corrected chi connectivity index (χ3v) is 4.77. The zero-order valence-corrected chi connectivity index (χ0v) is 11.8. The number of piperidine rings is 1. The molecule has 0 spiro atoms. The lowest BCUT2D eigenvalue weighted by molar-refractivity contribution is 0.286. The molecule has 1 saturated carbocycles. The van der Waals surface area contributed by atoms with Gasteiger partial charge in [0, 0.05) is 18.6 Å². The van der Waals surface area contributed by atoms with Gasteiger partial charge >= 0.3 is 0 Å². The fourth-order valence-electron chi connectivity index (χ4n) is 3.65. The average molecular weight is 258 g/mol. The van der Waals surface area contributed by atoms with Crippen LogP contribution in [0.2, 0.25) is 0 Å². The Morgan fingerprint density at radius 1 is 0.895 bits per heavy atom. The summed E-state index contributed by atoms with van der Waals surface area (Å²) < 4.78 is 0. The van der Waals surface area contributed by atoms with Gasteiger partial charge in [-0.25, -0.2) is 0 Å². The Morgan fingerprint density at radius 2 is 1.68 bits per heavy atom. The fourth-order valence-corrected chi connectivity index (χ4v) is 3.65. The highest BCUT2D eigenvalue weighted by Crippen LogP contribution is 2.32. The Labute approximate surface area is 117 Å². The largest absolute Gasteiger partial charge is 0.315 e. The highest BCUT2D eigenvalue weighted by Gasteiger charge is 2.24. The quantitative estimate of drug-likeness (QED) is 0.871. The van der Waals surface area contributed by atoms with Gasteiger partial charge < -0.3 is 10.6 Å². The lowest BCUT2D eigenvalue weighted by Crippen LogP contribution is -2.48. The normalized spacial score (nSPS) is 32.1. The van der Waals surface area contributed by atoms with Crippen LogP contribution in [0.1, 0.15) is 50.0 Å². The third-order valence-electron chi connectivity index (χ3n) is 4.77. The first-order chi connectivity index (χ1) is 9.42. The number of hydrogen-bond acceptors (Lipinski definition) is 2. The first kappa shape index (κ1) is 13.1. The molecule has 0 amide bonds. The zero-order chi connectivity index (χ0) is 12.9. The Bertz CT molecular complexity index is 362. The predicted molar refractivity (Wildman–Crippen MR) is 80.5 cm³/mol. The van der Waals surface area contributed by atoms with E-state index in [4.69, 9.17) is 0 Å². The molecule has 1 saturated heterocycles. The van der Waals surface area contributed by atoms with Crippen LogP contribution in [0.25, 0.3) is 0 Å². The summed E-state index contributed by atoms with van der Waals surface area (Å²) in [6.45, 7) is 2.37. The molecule has 2 nitrogen and oxygen atoms in total. The van der Waals surface area contributed by atoms with Crippen molar-refractivity contribution in [2.24, 2.45) is 0 Å².